The molecule has 0 aromatic heterocycles. The number of ketones is 1. The number of hydrogen-bond donors (Lipinski definition) is 1. The van der Waals surface area contributed by atoms with E-state index in [4.69, 9.17) is 0 Å². The molecule has 1 saturated heterocycles. The van der Waals surface area contributed by atoms with Crippen LogP contribution in [-0.4, -0.2) is 28.4 Å². The maximum atomic E-state index is 11.2. The molecule has 0 radical (unpaired) electrons. The molecule has 1 unspecified atom stereocenters. The van der Waals surface area contributed by atoms with Crippen LogP contribution in [0.3, 0.4) is 0 Å². The molecule has 1 aromatic rings. The van der Waals surface area contributed by atoms with Crippen LogP contribution in [-0.2, 0) is 0 Å². The number of likely N-dealkylation sites (tertiary alicyclic amines) is 1. The van der Waals surface area contributed by atoms with Gasteiger partial charge in [0.25, 0.3) is 0 Å². The van der Waals surface area contributed by atoms with Gasteiger partial charge in [-0.3, -0.25) is 4.79 Å². The molecule has 96 valence electrons. The molecule has 1 amide bonds. The molecular formula is C14H17NO3. The molecule has 1 N–H and O–H groups in total. The van der Waals surface area contributed by atoms with Crippen LogP contribution in [0.1, 0.15) is 48.1 Å². The van der Waals surface area contributed by atoms with Crippen molar-refractivity contribution in [1.82, 2.24) is 4.90 Å². The van der Waals surface area contributed by atoms with Crippen LogP contribution in [0.5, 0.6) is 0 Å². The minimum Gasteiger partial charge on any atom is -0.465 e. The third kappa shape index (κ3) is 2.53. The molecule has 1 atom stereocenters. The fourth-order valence-corrected chi connectivity index (χ4v) is 2.45. The van der Waals surface area contributed by atoms with Crippen molar-refractivity contribution in [2.75, 3.05) is 6.54 Å². The van der Waals surface area contributed by atoms with E-state index in [1.165, 1.54) is 11.8 Å². The zero-order valence-electron chi connectivity index (χ0n) is 10.4. The maximum Gasteiger partial charge on any atom is 0.407 e. The standard InChI is InChI=1S/C14H17NO3/c1-10(16)11-5-7-12(8-6-11)13-4-2-3-9-15(13)14(17)18/h5-8,13H,2-4,9H2,1H3,(H,17,18). The van der Waals surface area contributed by atoms with Crippen molar-refractivity contribution in [2.24, 2.45) is 0 Å². The number of piperidine rings is 1. The lowest BCUT2D eigenvalue weighted by atomic mass is 9.94. The smallest absolute Gasteiger partial charge is 0.407 e. The average molecular weight is 247 g/mol. The largest absolute Gasteiger partial charge is 0.465 e. The van der Waals surface area contributed by atoms with E-state index in [0.29, 0.717) is 12.1 Å². The van der Waals surface area contributed by atoms with Gasteiger partial charge in [0.2, 0.25) is 0 Å². The maximum absolute atomic E-state index is 11.2. The highest BCUT2D eigenvalue weighted by molar-refractivity contribution is 5.94. The highest BCUT2D eigenvalue weighted by Crippen LogP contribution is 2.30. The Morgan fingerprint density at radius 3 is 2.44 bits per heavy atom. The van der Waals surface area contributed by atoms with Gasteiger partial charge in [0.1, 0.15) is 0 Å². The molecule has 0 aliphatic carbocycles. The lowest BCUT2D eigenvalue weighted by Crippen LogP contribution is -2.37. The van der Waals surface area contributed by atoms with E-state index >= 15 is 0 Å². The van der Waals surface area contributed by atoms with E-state index in [1.807, 2.05) is 12.1 Å². The Balaban J connectivity index is 2.23. The quantitative estimate of drug-likeness (QED) is 0.817. The van der Waals surface area contributed by atoms with Crippen LogP contribution in [0.4, 0.5) is 4.79 Å². The van der Waals surface area contributed by atoms with E-state index in [-0.39, 0.29) is 11.8 Å². The van der Waals surface area contributed by atoms with Gasteiger partial charge in [-0.2, -0.15) is 0 Å². The Morgan fingerprint density at radius 2 is 1.89 bits per heavy atom. The van der Waals surface area contributed by atoms with Crippen molar-refractivity contribution < 1.29 is 14.7 Å². The first kappa shape index (κ1) is 12.6. The van der Waals surface area contributed by atoms with Gasteiger partial charge in [0.05, 0.1) is 6.04 Å². The molecule has 1 aliphatic rings. The first-order valence-corrected chi connectivity index (χ1v) is 6.20. The molecule has 0 bridgehead atoms. The molecule has 1 aliphatic heterocycles. The van der Waals surface area contributed by atoms with Gasteiger partial charge in [-0.15, -0.1) is 0 Å². The highest BCUT2D eigenvalue weighted by atomic mass is 16.4. The van der Waals surface area contributed by atoms with Crippen molar-refractivity contribution in [1.29, 1.82) is 0 Å². The number of rotatable bonds is 2. The molecule has 0 spiro atoms. The summed E-state index contributed by atoms with van der Waals surface area (Å²) in [5, 5.41) is 9.18. The summed E-state index contributed by atoms with van der Waals surface area (Å²) in [5.41, 5.74) is 1.64. The molecule has 0 saturated carbocycles. The number of carbonyl (C=O) groups excluding carboxylic acids is 1. The van der Waals surface area contributed by atoms with Crippen molar-refractivity contribution >= 4 is 11.9 Å². The van der Waals surface area contributed by atoms with Crippen molar-refractivity contribution in [3.8, 4) is 0 Å². The predicted molar refractivity (Wildman–Crippen MR) is 67.8 cm³/mol. The van der Waals surface area contributed by atoms with E-state index in [9.17, 15) is 14.7 Å². The molecular weight excluding hydrogens is 230 g/mol. The molecule has 4 heteroatoms. The Bertz CT molecular complexity index is 453. The number of amides is 1. The molecule has 18 heavy (non-hydrogen) atoms. The van der Waals surface area contributed by atoms with Crippen LogP contribution < -0.4 is 0 Å². The number of nitrogens with zero attached hydrogens (tertiary/aromatic N) is 1. The third-order valence-electron chi connectivity index (χ3n) is 3.45. The van der Waals surface area contributed by atoms with Crippen LogP contribution in [0.2, 0.25) is 0 Å². The van der Waals surface area contributed by atoms with E-state index in [2.05, 4.69) is 0 Å². The van der Waals surface area contributed by atoms with Crippen LogP contribution >= 0.6 is 0 Å². The van der Waals surface area contributed by atoms with E-state index in [1.54, 1.807) is 12.1 Å². The number of carbonyl (C=O) groups is 2. The summed E-state index contributed by atoms with van der Waals surface area (Å²) in [6.45, 7) is 2.12. The number of hydrogen-bond acceptors (Lipinski definition) is 2. The highest BCUT2D eigenvalue weighted by Gasteiger charge is 2.27. The van der Waals surface area contributed by atoms with Gasteiger partial charge in [-0.1, -0.05) is 24.3 Å². The summed E-state index contributed by atoms with van der Waals surface area (Å²) in [7, 11) is 0. The minimum atomic E-state index is -0.865. The second-order valence-corrected chi connectivity index (χ2v) is 4.67. The van der Waals surface area contributed by atoms with Crippen molar-refractivity contribution in [2.45, 2.75) is 32.2 Å². The summed E-state index contributed by atoms with van der Waals surface area (Å²) in [6.07, 6.45) is 1.96. The lowest BCUT2D eigenvalue weighted by Gasteiger charge is -2.33. The van der Waals surface area contributed by atoms with Crippen LogP contribution in [0, 0.1) is 0 Å². The summed E-state index contributed by atoms with van der Waals surface area (Å²) in [6, 6.07) is 7.20. The Morgan fingerprint density at radius 1 is 1.22 bits per heavy atom. The Hall–Kier alpha value is -1.84. The zero-order chi connectivity index (χ0) is 13.1. The van der Waals surface area contributed by atoms with Crippen molar-refractivity contribution in [3.63, 3.8) is 0 Å². The normalized spacial score (nSPS) is 19.6. The SMILES string of the molecule is CC(=O)c1ccc(C2CCCCN2C(=O)O)cc1. The minimum absolute atomic E-state index is 0.0280. The second kappa shape index (κ2) is 5.21. The molecule has 1 fully saturated rings. The second-order valence-electron chi connectivity index (χ2n) is 4.67. The van der Waals surface area contributed by atoms with Crippen LogP contribution in [0.25, 0.3) is 0 Å². The number of carboxylic acid groups (broad SMARTS) is 1. The lowest BCUT2D eigenvalue weighted by molar-refractivity contribution is 0.101. The summed E-state index contributed by atoms with van der Waals surface area (Å²) in [4.78, 5) is 23.9. The van der Waals surface area contributed by atoms with Gasteiger partial charge in [-0.05, 0) is 31.7 Å². The van der Waals surface area contributed by atoms with Gasteiger partial charge >= 0.3 is 6.09 Å². The van der Waals surface area contributed by atoms with Gasteiger partial charge in [-0.25, -0.2) is 4.79 Å². The molecule has 2 rings (SSSR count). The molecule has 1 heterocycles. The zero-order valence-corrected chi connectivity index (χ0v) is 10.4. The van der Waals surface area contributed by atoms with E-state index < -0.39 is 6.09 Å². The topological polar surface area (TPSA) is 57.6 Å². The van der Waals surface area contributed by atoms with Gasteiger partial charge < -0.3 is 10.0 Å². The summed E-state index contributed by atoms with van der Waals surface area (Å²) in [5.74, 6) is 0.0280. The predicted octanol–water partition coefficient (Wildman–Crippen LogP) is 3.09. The Kier molecular flexibility index (Phi) is 3.65. The van der Waals surface area contributed by atoms with E-state index in [0.717, 1.165) is 24.8 Å². The Labute approximate surface area is 106 Å². The number of Topliss-reactive ketones (excluding diaryl/α,β-unsaturated/α-hetero) is 1. The van der Waals surface area contributed by atoms with Crippen molar-refractivity contribution in [3.05, 3.63) is 35.4 Å². The molecule has 1 aromatic carbocycles. The molecule has 4 nitrogen and oxygen atoms in total. The summed E-state index contributed by atoms with van der Waals surface area (Å²) < 4.78 is 0. The third-order valence-corrected chi connectivity index (χ3v) is 3.45. The first-order chi connectivity index (χ1) is 8.59. The summed E-state index contributed by atoms with van der Waals surface area (Å²) >= 11 is 0. The monoisotopic (exact) mass is 247 g/mol. The fraction of sp³-hybridized carbons (Fsp3) is 0.429. The number of benzene rings is 1. The first-order valence-electron chi connectivity index (χ1n) is 6.20. The van der Waals surface area contributed by atoms with Crippen LogP contribution in [0.15, 0.2) is 24.3 Å². The fourth-order valence-electron chi connectivity index (χ4n) is 2.45. The van der Waals surface area contributed by atoms with Gasteiger partial charge in [0.15, 0.2) is 5.78 Å². The van der Waals surface area contributed by atoms with Gasteiger partial charge in [0, 0.05) is 12.1 Å². The average Bonchev–Trinajstić information content (AvgIpc) is 2.39.